The van der Waals surface area contributed by atoms with E-state index in [2.05, 4.69) is 11.1 Å². The smallest absolute Gasteiger partial charge is 0.134 e. The van der Waals surface area contributed by atoms with Crippen LogP contribution in [0.1, 0.15) is 10.6 Å². The van der Waals surface area contributed by atoms with E-state index in [1.165, 1.54) is 11.3 Å². The molecule has 0 aliphatic carbocycles. The number of thiazole rings is 1. The first-order valence-corrected chi connectivity index (χ1v) is 9.00. The van der Waals surface area contributed by atoms with Crippen LogP contribution in [0.3, 0.4) is 0 Å². The molecule has 6 heteroatoms. The molecule has 2 aromatic carbocycles. The van der Waals surface area contributed by atoms with Gasteiger partial charge in [-0.2, -0.15) is 5.26 Å². The lowest BCUT2D eigenvalue weighted by atomic mass is 10.1. The van der Waals surface area contributed by atoms with Crippen molar-refractivity contribution < 1.29 is 14.2 Å². The number of hydrogen-bond donors (Lipinski definition) is 0. The topological polar surface area (TPSA) is 64.4 Å². The fourth-order valence-corrected chi connectivity index (χ4v) is 3.32. The number of rotatable bonds is 6. The molecule has 1 heterocycles. The van der Waals surface area contributed by atoms with Gasteiger partial charge in [0.15, 0.2) is 0 Å². The highest BCUT2D eigenvalue weighted by Gasteiger charge is 2.11. The maximum Gasteiger partial charge on any atom is 0.134 e. The van der Waals surface area contributed by atoms with Crippen molar-refractivity contribution in [1.82, 2.24) is 4.98 Å². The average molecular weight is 378 g/mol. The summed E-state index contributed by atoms with van der Waals surface area (Å²) in [6.07, 6.45) is 1.77. The van der Waals surface area contributed by atoms with E-state index in [1.54, 1.807) is 33.5 Å². The normalized spacial score (nSPS) is 11.0. The lowest BCUT2D eigenvalue weighted by Crippen LogP contribution is -1.90. The van der Waals surface area contributed by atoms with Crippen LogP contribution in [-0.2, 0) is 0 Å². The molecular formula is C21H18N2O3S. The van der Waals surface area contributed by atoms with Crippen LogP contribution in [0, 0.1) is 11.3 Å². The minimum Gasteiger partial charge on any atom is -0.497 e. The summed E-state index contributed by atoms with van der Waals surface area (Å²) in [5.41, 5.74) is 3.05. The summed E-state index contributed by atoms with van der Waals surface area (Å²) in [7, 11) is 4.82. The van der Waals surface area contributed by atoms with Gasteiger partial charge in [0.05, 0.1) is 32.6 Å². The standard InChI is InChI=1S/C21H18N2O3S/c1-24-17-7-4-14(5-8-17)19-13-27-21(23-19)16(12-22)10-15-6-9-18(25-2)11-20(15)26-3/h4-11,13H,1-3H3/b16-10+. The number of nitriles is 1. The fourth-order valence-electron chi connectivity index (χ4n) is 2.53. The van der Waals surface area contributed by atoms with E-state index in [-0.39, 0.29) is 0 Å². The Morgan fingerprint density at radius 1 is 1.00 bits per heavy atom. The van der Waals surface area contributed by atoms with Gasteiger partial charge < -0.3 is 14.2 Å². The molecule has 0 unspecified atom stereocenters. The Hall–Kier alpha value is -3.30. The second kappa shape index (κ2) is 8.39. The molecule has 0 radical (unpaired) electrons. The number of benzene rings is 2. The third-order valence-electron chi connectivity index (χ3n) is 3.98. The van der Waals surface area contributed by atoms with Crippen molar-refractivity contribution in [3.8, 4) is 34.6 Å². The zero-order valence-electron chi connectivity index (χ0n) is 15.2. The predicted octanol–water partition coefficient (Wildman–Crippen LogP) is 4.90. The van der Waals surface area contributed by atoms with E-state index in [0.29, 0.717) is 22.1 Å². The van der Waals surface area contributed by atoms with Crippen LogP contribution in [0.15, 0.2) is 47.8 Å². The molecule has 0 saturated carbocycles. The molecular weight excluding hydrogens is 360 g/mol. The van der Waals surface area contributed by atoms with Gasteiger partial charge in [0.1, 0.15) is 28.3 Å². The SMILES string of the molecule is COc1ccc(-c2csc(/C(C#N)=C/c3ccc(OC)cc3OC)n2)cc1. The molecule has 3 rings (SSSR count). The minimum absolute atomic E-state index is 0.475. The summed E-state index contributed by atoms with van der Waals surface area (Å²) in [5.74, 6) is 2.12. The molecule has 0 bridgehead atoms. The minimum atomic E-state index is 0.475. The third kappa shape index (κ3) is 4.10. The number of allylic oxidation sites excluding steroid dienone is 1. The molecule has 0 atom stereocenters. The Kier molecular flexibility index (Phi) is 5.74. The van der Waals surface area contributed by atoms with Gasteiger partial charge in [-0.3, -0.25) is 0 Å². The maximum absolute atomic E-state index is 9.62. The summed E-state index contributed by atoms with van der Waals surface area (Å²) >= 11 is 1.43. The molecule has 0 N–H and O–H groups in total. The highest BCUT2D eigenvalue weighted by molar-refractivity contribution is 7.11. The summed E-state index contributed by atoms with van der Waals surface area (Å²) in [6, 6.07) is 15.4. The number of aromatic nitrogens is 1. The first kappa shape index (κ1) is 18.5. The Bertz CT molecular complexity index is 1000. The van der Waals surface area contributed by atoms with Crippen molar-refractivity contribution in [1.29, 1.82) is 5.26 Å². The molecule has 0 saturated heterocycles. The molecule has 27 heavy (non-hydrogen) atoms. The van der Waals surface area contributed by atoms with Crippen LogP contribution in [0.4, 0.5) is 0 Å². The van der Waals surface area contributed by atoms with E-state index < -0.39 is 0 Å². The molecule has 3 aromatic rings. The maximum atomic E-state index is 9.62. The van der Waals surface area contributed by atoms with Gasteiger partial charge in [0, 0.05) is 22.6 Å². The van der Waals surface area contributed by atoms with Gasteiger partial charge in [-0.1, -0.05) is 0 Å². The predicted molar refractivity (Wildman–Crippen MR) is 107 cm³/mol. The first-order chi connectivity index (χ1) is 13.2. The van der Waals surface area contributed by atoms with Gasteiger partial charge in [0.2, 0.25) is 0 Å². The Labute approximate surface area is 162 Å². The summed E-state index contributed by atoms with van der Waals surface area (Å²) in [6.45, 7) is 0. The van der Waals surface area contributed by atoms with Crippen molar-refractivity contribution in [2.75, 3.05) is 21.3 Å². The zero-order chi connectivity index (χ0) is 19.2. The number of hydrogen-bond acceptors (Lipinski definition) is 6. The quantitative estimate of drug-likeness (QED) is 0.571. The van der Waals surface area contributed by atoms with Gasteiger partial charge in [-0.05, 0) is 42.5 Å². The molecule has 0 aliphatic heterocycles. The van der Waals surface area contributed by atoms with E-state index >= 15 is 0 Å². The Morgan fingerprint density at radius 3 is 2.33 bits per heavy atom. The van der Waals surface area contributed by atoms with Crippen molar-refractivity contribution >= 4 is 23.0 Å². The van der Waals surface area contributed by atoms with Crippen molar-refractivity contribution in [3.63, 3.8) is 0 Å². The largest absolute Gasteiger partial charge is 0.497 e. The van der Waals surface area contributed by atoms with Crippen molar-refractivity contribution in [2.24, 2.45) is 0 Å². The van der Waals surface area contributed by atoms with Crippen LogP contribution in [0.2, 0.25) is 0 Å². The highest BCUT2D eigenvalue weighted by Crippen LogP contribution is 2.31. The summed E-state index contributed by atoms with van der Waals surface area (Å²) < 4.78 is 15.8. The van der Waals surface area contributed by atoms with E-state index in [4.69, 9.17) is 14.2 Å². The molecule has 1 aromatic heterocycles. The lowest BCUT2D eigenvalue weighted by molar-refractivity contribution is 0.394. The van der Waals surface area contributed by atoms with Gasteiger partial charge >= 0.3 is 0 Å². The van der Waals surface area contributed by atoms with Gasteiger partial charge in [-0.25, -0.2) is 4.98 Å². The second-order valence-corrected chi connectivity index (χ2v) is 6.40. The molecule has 0 amide bonds. The fraction of sp³-hybridized carbons (Fsp3) is 0.143. The van der Waals surface area contributed by atoms with Crippen LogP contribution in [-0.4, -0.2) is 26.3 Å². The molecule has 0 spiro atoms. The number of ether oxygens (including phenoxy) is 3. The Balaban J connectivity index is 1.93. The van der Waals surface area contributed by atoms with E-state index in [1.807, 2.05) is 41.8 Å². The number of methoxy groups -OCH3 is 3. The van der Waals surface area contributed by atoms with Crippen LogP contribution in [0.25, 0.3) is 22.9 Å². The van der Waals surface area contributed by atoms with Crippen LogP contribution >= 0.6 is 11.3 Å². The molecule has 0 fully saturated rings. The first-order valence-electron chi connectivity index (χ1n) is 8.12. The van der Waals surface area contributed by atoms with Crippen molar-refractivity contribution in [3.05, 3.63) is 58.4 Å². The summed E-state index contributed by atoms with van der Waals surface area (Å²) in [5, 5.41) is 12.2. The lowest BCUT2D eigenvalue weighted by Gasteiger charge is -2.07. The second-order valence-electron chi connectivity index (χ2n) is 5.54. The van der Waals surface area contributed by atoms with Crippen molar-refractivity contribution in [2.45, 2.75) is 0 Å². The van der Waals surface area contributed by atoms with E-state index in [9.17, 15) is 5.26 Å². The van der Waals surface area contributed by atoms with Gasteiger partial charge in [0.25, 0.3) is 0 Å². The number of nitrogens with zero attached hydrogens (tertiary/aromatic N) is 2. The molecule has 0 aliphatic rings. The Morgan fingerprint density at radius 2 is 1.70 bits per heavy atom. The molecule has 136 valence electrons. The summed E-state index contributed by atoms with van der Waals surface area (Å²) in [4.78, 5) is 4.61. The third-order valence-corrected chi connectivity index (χ3v) is 4.86. The van der Waals surface area contributed by atoms with Crippen LogP contribution < -0.4 is 14.2 Å². The van der Waals surface area contributed by atoms with Gasteiger partial charge in [-0.15, -0.1) is 11.3 Å². The monoisotopic (exact) mass is 378 g/mol. The average Bonchev–Trinajstić information content (AvgIpc) is 3.22. The highest BCUT2D eigenvalue weighted by atomic mass is 32.1. The molecule has 5 nitrogen and oxygen atoms in total. The van der Waals surface area contributed by atoms with Crippen LogP contribution in [0.5, 0.6) is 17.2 Å². The zero-order valence-corrected chi connectivity index (χ0v) is 16.0. The van der Waals surface area contributed by atoms with E-state index in [0.717, 1.165) is 22.6 Å².